The van der Waals surface area contributed by atoms with Gasteiger partial charge in [-0.2, -0.15) is 10.4 Å². The molecular formula is C20H17FN4O4. The summed E-state index contributed by atoms with van der Waals surface area (Å²) in [5.41, 5.74) is 0.422. The molecule has 148 valence electrons. The molecule has 29 heavy (non-hydrogen) atoms. The zero-order chi connectivity index (χ0) is 21.1. The average Bonchev–Trinajstić information content (AvgIpc) is 3.11. The molecule has 0 aliphatic carbocycles. The van der Waals surface area contributed by atoms with E-state index in [1.54, 1.807) is 19.3 Å². The first-order valence-electron chi connectivity index (χ1n) is 8.55. The Morgan fingerprint density at radius 3 is 2.69 bits per heavy atom. The van der Waals surface area contributed by atoms with Crippen LogP contribution in [-0.4, -0.2) is 32.5 Å². The Kier molecular flexibility index (Phi) is 5.45. The third-order valence-electron chi connectivity index (χ3n) is 4.45. The van der Waals surface area contributed by atoms with E-state index in [1.807, 2.05) is 6.07 Å². The van der Waals surface area contributed by atoms with Crippen molar-refractivity contribution in [1.29, 1.82) is 5.26 Å². The molecule has 0 amide bonds. The van der Waals surface area contributed by atoms with Gasteiger partial charge in [-0.05, 0) is 24.3 Å². The van der Waals surface area contributed by atoms with E-state index in [0.29, 0.717) is 5.69 Å². The quantitative estimate of drug-likeness (QED) is 0.684. The molecule has 0 aliphatic heterocycles. The number of aromatic nitrogens is 3. The van der Waals surface area contributed by atoms with E-state index < -0.39 is 23.4 Å². The standard InChI is InChI=1S/C20H17FN4O4/c1-24-6-5-14(23-24)8-17(20(27)28)25-11-18(29-2)16(9-19(25)26)15-7-13(21)4-3-12(15)10-22/h3-7,9,11,17H,8H2,1-2H3,(H,27,28). The Hall–Kier alpha value is -3.93. The molecule has 9 heteroatoms. The molecule has 0 saturated carbocycles. The lowest BCUT2D eigenvalue weighted by Gasteiger charge is -2.18. The topological polar surface area (TPSA) is 110 Å². The minimum atomic E-state index is -1.22. The van der Waals surface area contributed by atoms with Gasteiger partial charge >= 0.3 is 5.97 Å². The van der Waals surface area contributed by atoms with Gasteiger partial charge < -0.3 is 9.84 Å². The van der Waals surface area contributed by atoms with E-state index in [1.165, 1.54) is 24.1 Å². The van der Waals surface area contributed by atoms with Crippen LogP contribution in [0.25, 0.3) is 11.1 Å². The van der Waals surface area contributed by atoms with Crippen LogP contribution in [0.5, 0.6) is 5.75 Å². The lowest BCUT2D eigenvalue weighted by molar-refractivity contribution is -0.141. The fourth-order valence-electron chi connectivity index (χ4n) is 3.06. The van der Waals surface area contributed by atoms with E-state index in [0.717, 1.165) is 22.8 Å². The van der Waals surface area contributed by atoms with Crippen molar-refractivity contribution >= 4 is 5.97 Å². The molecule has 3 aromatic rings. The highest BCUT2D eigenvalue weighted by Gasteiger charge is 2.24. The summed E-state index contributed by atoms with van der Waals surface area (Å²) in [7, 11) is 3.04. The number of pyridine rings is 1. The number of rotatable bonds is 6. The van der Waals surface area contributed by atoms with Crippen LogP contribution in [0.2, 0.25) is 0 Å². The summed E-state index contributed by atoms with van der Waals surface area (Å²) in [5, 5.41) is 23.1. The van der Waals surface area contributed by atoms with Gasteiger partial charge in [-0.25, -0.2) is 9.18 Å². The minimum absolute atomic E-state index is 0.0119. The van der Waals surface area contributed by atoms with Crippen LogP contribution in [-0.2, 0) is 18.3 Å². The third-order valence-corrected chi connectivity index (χ3v) is 4.45. The highest BCUT2D eigenvalue weighted by Crippen LogP contribution is 2.32. The van der Waals surface area contributed by atoms with Crippen molar-refractivity contribution < 1.29 is 19.0 Å². The maximum absolute atomic E-state index is 13.7. The van der Waals surface area contributed by atoms with Gasteiger partial charge in [-0.1, -0.05) is 0 Å². The first-order chi connectivity index (χ1) is 13.8. The number of aliphatic carboxylic acids is 1. The number of carboxylic acids is 1. The van der Waals surface area contributed by atoms with Gasteiger partial charge in [0.15, 0.2) is 0 Å². The van der Waals surface area contributed by atoms with Crippen molar-refractivity contribution in [2.24, 2.45) is 7.05 Å². The minimum Gasteiger partial charge on any atom is -0.495 e. The lowest BCUT2D eigenvalue weighted by Crippen LogP contribution is -2.31. The number of aryl methyl sites for hydroxylation is 1. The van der Waals surface area contributed by atoms with Gasteiger partial charge in [-0.15, -0.1) is 0 Å². The van der Waals surface area contributed by atoms with E-state index in [2.05, 4.69) is 5.10 Å². The van der Waals surface area contributed by atoms with Crippen LogP contribution in [0.1, 0.15) is 17.3 Å². The molecule has 8 nitrogen and oxygen atoms in total. The first kappa shape index (κ1) is 19.8. The maximum Gasteiger partial charge on any atom is 0.327 e. The van der Waals surface area contributed by atoms with Gasteiger partial charge in [0.1, 0.15) is 17.6 Å². The fourth-order valence-corrected chi connectivity index (χ4v) is 3.06. The average molecular weight is 396 g/mol. The van der Waals surface area contributed by atoms with Gasteiger partial charge in [0.05, 0.1) is 30.6 Å². The molecule has 1 unspecified atom stereocenters. The maximum atomic E-state index is 13.7. The Morgan fingerprint density at radius 1 is 1.34 bits per heavy atom. The van der Waals surface area contributed by atoms with Crippen LogP contribution < -0.4 is 10.3 Å². The molecular weight excluding hydrogens is 379 g/mol. The molecule has 0 radical (unpaired) electrons. The van der Waals surface area contributed by atoms with Gasteiger partial charge in [0.2, 0.25) is 0 Å². The molecule has 1 atom stereocenters. The smallest absolute Gasteiger partial charge is 0.327 e. The highest BCUT2D eigenvalue weighted by atomic mass is 19.1. The predicted octanol–water partition coefficient (Wildman–Crippen LogP) is 2.14. The number of halogens is 1. The van der Waals surface area contributed by atoms with Crippen molar-refractivity contribution in [1.82, 2.24) is 14.3 Å². The summed E-state index contributed by atoms with van der Waals surface area (Å²) in [6.45, 7) is 0. The van der Waals surface area contributed by atoms with Gasteiger partial charge in [0, 0.05) is 36.9 Å². The molecule has 0 spiro atoms. The van der Waals surface area contributed by atoms with Crippen LogP contribution in [0.4, 0.5) is 4.39 Å². The zero-order valence-electron chi connectivity index (χ0n) is 15.7. The molecule has 0 aliphatic rings. The molecule has 2 aromatic heterocycles. The fraction of sp³-hybridized carbons (Fsp3) is 0.200. The Balaban J connectivity index is 2.13. The predicted molar refractivity (Wildman–Crippen MR) is 101 cm³/mol. The summed E-state index contributed by atoms with van der Waals surface area (Å²) in [6, 6.07) is 7.11. The van der Waals surface area contributed by atoms with Crippen LogP contribution in [0.15, 0.2) is 47.5 Å². The summed E-state index contributed by atoms with van der Waals surface area (Å²) in [5.74, 6) is -1.65. The molecule has 2 heterocycles. The number of benzene rings is 1. The number of hydrogen-bond donors (Lipinski definition) is 1. The lowest BCUT2D eigenvalue weighted by atomic mass is 10.00. The van der Waals surface area contributed by atoms with Crippen molar-refractivity contribution in [3.05, 3.63) is 70.2 Å². The Morgan fingerprint density at radius 2 is 2.10 bits per heavy atom. The van der Waals surface area contributed by atoms with Crippen molar-refractivity contribution in [3.8, 4) is 22.9 Å². The Labute approximate surface area is 165 Å². The second-order valence-electron chi connectivity index (χ2n) is 6.34. The molecule has 0 saturated heterocycles. The first-order valence-corrected chi connectivity index (χ1v) is 8.55. The Bertz CT molecular complexity index is 1180. The number of nitriles is 1. The van der Waals surface area contributed by atoms with E-state index in [9.17, 15) is 24.3 Å². The van der Waals surface area contributed by atoms with E-state index >= 15 is 0 Å². The molecule has 0 bridgehead atoms. The summed E-state index contributed by atoms with van der Waals surface area (Å²) < 4.78 is 21.6. The number of nitrogens with zero attached hydrogens (tertiary/aromatic N) is 4. The normalized spacial score (nSPS) is 11.7. The largest absolute Gasteiger partial charge is 0.495 e. The summed E-state index contributed by atoms with van der Waals surface area (Å²) in [6.07, 6.45) is 2.92. The number of carboxylic acid groups (broad SMARTS) is 1. The number of hydrogen-bond acceptors (Lipinski definition) is 5. The molecule has 0 fully saturated rings. The van der Waals surface area contributed by atoms with Gasteiger partial charge in [0.25, 0.3) is 5.56 Å². The van der Waals surface area contributed by atoms with E-state index in [-0.39, 0.29) is 28.9 Å². The SMILES string of the molecule is COc1cn(C(Cc2ccn(C)n2)C(=O)O)c(=O)cc1-c1cc(F)ccc1C#N. The number of ether oxygens (including phenoxy) is 1. The van der Waals surface area contributed by atoms with Crippen molar-refractivity contribution in [2.45, 2.75) is 12.5 Å². The third kappa shape index (κ3) is 4.01. The number of carbonyl (C=O) groups is 1. The van der Waals surface area contributed by atoms with E-state index in [4.69, 9.17) is 4.74 Å². The van der Waals surface area contributed by atoms with Crippen LogP contribution in [0, 0.1) is 17.1 Å². The second-order valence-corrected chi connectivity index (χ2v) is 6.34. The summed E-state index contributed by atoms with van der Waals surface area (Å²) >= 11 is 0. The molecule has 1 N–H and O–H groups in total. The van der Waals surface area contributed by atoms with Gasteiger partial charge in [-0.3, -0.25) is 14.0 Å². The van der Waals surface area contributed by atoms with Crippen LogP contribution >= 0.6 is 0 Å². The zero-order valence-corrected chi connectivity index (χ0v) is 15.7. The van der Waals surface area contributed by atoms with Crippen LogP contribution in [0.3, 0.4) is 0 Å². The van der Waals surface area contributed by atoms with Crippen molar-refractivity contribution in [3.63, 3.8) is 0 Å². The number of methoxy groups -OCH3 is 1. The molecule has 3 rings (SSSR count). The molecule has 1 aromatic carbocycles. The summed E-state index contributed by atoms with van der Waals surface area (Å²) in [4.78, 5) is 24.6. The second kappa shape index (κ2) is 7.98. The monoisotopic (exact) mass is 396 g/mol. The highest BCUT2D eigenvalue weighted by molar-refractivity contribution is 5.76. The van der Waals surface area contributed by atoms with Crippen molar-refractivity contribution in [2.75, 3.05) is 7.11 Å².